The molecule has 0 aliphatic carbocycles. The summed E-state index contributed by atoms with van der Waals surface area (Å²) >= 11 is 5.79. The van der Waals surface area contributed by atoms with Crippen molar-refractivity contribution in [2.75, 3.05) is 38.0 Å². The van der Waals surface area contributed by atoms with E-state index in [0.29, 0.717) is 16.9 Å². The molecule has 0 radical (unpaired) electrons. The molecular formula is C18H20ClFN4O. The van der Waals surface area contributed by atoms with Crippen molar-refractivity contribution in [3.63, 3.8) is 0 Å². The molecule has 1 aliphatic heterocycles. The monoisotopic (exact) mass is 362 g/mol. The molecule has 132 valence electrons. The Kier molecular flexibility index (Phi) is 5.50. The Morgan fingerprint density at radius 1 is 1.20 bits per heavy atom. The third-order valence-electron chi connectivity index (χ3n) is 4.30. The number of carbonyl (C=O) groups excluding carboxylic acids is 1. The first-order chi connectivity index (χ1) is 12.1. The Morgan fingerprint density at radius 2 is 1.96 bits per heavy atom. The lowest BCUT2D eigenvalue weighted by atomic mass is 10.2. The van der Waals surface area contributed by atoms with Gasteiger partial charge in [0, 0.05) is 38.1 Å². The van der Waals surface area contributed by atoms with Crippen molar-refractivity contribution in [1.29, 1.82) is 0 Å². The normalized spacial score (nSPS) is 15.2. The molecular weight excluding hydrogens is 343 g/mol. The fourth-order valence-electron chi connectivity index (χ4n) is 2.82. The number of nitrogens with one attached hydrogen (secondary N) is 1. The maximum Gasteiger partial charge on any atom is 0.255 e. The summed E-state index contributed by atoms with van der Waals surface area (Å²) < 4.78 is 13.2. The molecule has 1 aliphatic rings. The van der Waals surface area contributed by atoms with Gasteiger partial charge in [-0.05, 0) is 30.8 Å². The van der Waals surface area contributed by atoms with E-state index in [9.17, 15) is 9.18 Å². The number of pyridine rings is 1. The fraction of sp³-hybridized carbons (Fsp3) is 0.333. The van der Waals surface area contributed by atoms with Crippen molar-refractivity contribution in [2.24, 2.45) is 0 Å². The molecule has 1 aromatic heterocycles. The molecule has 2 aromatic rings. The highest BCUT2D eigenvalue weighted by molar-refractivity contribution is 6.31. The van der Waals surface area contributed by atoms with Crippen LogP contribution in [0.15, 0.2) is 36.7 Å². The van der Waals surface area contributed by atoms with Gasteiger partial charge >= 0.3 is 0 Å². The third-order valence-corrected chi connectivity index (χ3v) is 4.59. The fourth-order valence-corrected chi connectivity index (χ4v) is 3.00. The quantitative estimate of drug-likeness (QED) is 0.905. The van der Waals surface area contributed by atoms with Crippen molar-refractivity contribution in [3.8, 4) is 0 Å². The number of hydrogen-bond acceptors (Lipinski definition) is 4. The number of halogens is 2. The van der Waals surface area contributed by atoms with E-state index in [0.717, 1.165) is 32.7 Å². The zero-order chi connectivity index (χ0) is 17.8. The first-order valence-corrected chi connectivity index (χ1v) is 8.63. The Morgan fingerprint density at radius 3 is 2.64 bits per heavy atom. The number of piperazine rings is 1. The second-order valence-electron chi connectivity index (χ2n) is 5.94. The van der Waals surface area contributed by atoms with Gasteiger partial charge in [0.1, 0.15) is 5.82 Å². The minimum absolute atomic E-state index is 0.0240. The Labute approximate surface area is 151 Å². The highest BCUT2D eigenvalue weighted by atomic mass is 35.5. The molecule has 1 fully saturated rings. The van der Waals surface area contributed by atoms with Gasteiger partial charge in [-0.3, -0.25) is 9.78 Å². The summed E-state index contributed by atoms with van der Waals surface area (Å²) in [6.45, 7) is 6.35. The van der Waals surface area contributed by atoms with E-state index in [1.54, 1.807) is 24.5 Å². The zero-order valence-corrected chi connectivity index (χ0v) is 14.8. The van der Waals surface area contributed by atoms with Crippen molar-refractivity contribution in [2.45, 2.75) is 6.92 Å². The van der Waals surface area contributed by atoms with Gasteiger partial charge in [-0.2, -0.15) is 0 Å². The van der Waals surface area contributed by atoms with Gasteiger partial charge in [0.15, 0.2) is 0 Å². The number of rotatable bonds is 4. The van der Waals surface area contributed by atoms with Crippen LogP contribution in [0.25, 0.3) is 0 Å². The highest BCUT2D eigenvalue weighted by Gasteiger charge is 2.21. The summed E-state index contributed by atoms with van der Waals surface area (Å²) in [4.78, 5) is 21.0. The molecule has 1 saturated heterocycles. The first kappa shape index (κ1) is 17.6. The van der Waals surface area contributed by atoms with Gasteiger partial charge in [0.2, 0.25) is 0 Å². The molecule has 1 N–H and O–H groups in total. The standard InChI is InChI=1S/C18H20ClFN4O/c1-2-23-5-7-24(8-6-23)18(25)13-9-15(12-21-11-13)22-14-3-4-17(20)16(19)10-14/h3-4,9-12,22H,2,5-8H2,1H3. The SMILES string of the molecule is CCN1CCN(C(=O)c2cncc(Nc3ccc(F)c(Cl)c3)c2)CC1. The predicted octanol–water partition coefficient (Wildman–Crippen LogP) is 3.40. The van der Waals surface area contributed by atoms with Crippen molar-refractivity contribution in [1.82, 2.24) is 14.8 Å². The summed E-state index contributed by atoms with van der Waals surface area (Å²) in [7, 11) is 0. The number of nitrogens with zero attached hydrogens (tertiary/aromatic N) is 3. The van der Waals surface area contributed by atoms with Crippen LogP contribution in [-0.2, 0) is 0 Å². The van der Waals surface area contributed by atoms with Gasteiger partial charge in [0.25, 0.3) is 5.91 Å². The zero-order valence-electron chi connectivity index (χ0n) is 14.0. The summed E-state index contributed by atoms with van der Waals surface area (Å²) in [5, 5.41) is 3.13. The van der Waals surface area contributed by atoms with Crippen LogP contribution in [0.5, 0.6) is 0 Å². The van der Waals surface area contributed by atoms with E-state index in [4.69, 9.17) is 11.6 Å². The first-order valence-electron chi connectivity index (χ1n) is 8.25. The number of aromatic nitrogens is 1. The van der Waals surface area contributed by atoms with E-state index in [-0.39, 0.29) is 10.9 Å². The van der Waals surface area contributed by atoms with Gasteiger partial charge in [-0.1, -0.05) is 18.5 Å². The molecule has 3 rings (SSSR count). The van der Waals surface area contributed by atoms with E-state index < -0.39 is 5.82 Å². The second-order valence-corrected chi connectivity index (χ2v) is 6.35. The van der Waals surface area contributed by atoms with Crippen LogP contribution in [0, 0.1) is 5.82 Å². The Hall–Kier alpha value is -2.18. The molecule has 5 nitrogen and oxygen atoms in total. The maximum atomic E-state index is 13.2. The van der Waals surface area contributed by atoms with Crippen LogP contribution in [0.2, 0.25) is 5.02 Å². The molecule has 1 amide bonds. The van der Waals surface area contributed by atoms with Crippen LogP contribution >= 0.6 is 11.6 Å². The lowest BCUT2D eigenvalue weighted by Crippen LogP contribution is -2.48. The molecule has 7 heteroatoms. The van der Waals surface area contributed by atoms with Gasteiger partial charge in [-0.15, -0.1) is 0 Å². The van der Waals surface area contributed by atoms with Gasteiger partial charge in [-0.25, -0.2) is 4.39 Å². The number of benzene rings is 1. The molecule has 0 saturated carbocycles. The number of hydrogen-bond donors (Lipinski definition) is 1. The molecule has 1 aromatic carbocycles. The summed E-state index contributed by atoms with van der Waals surface area (Å²) in [5.74, 6) is -0.496. The van der Waals surface area contributed by atoms with Gasteiger partial charge < -0.3 is 15.1 Å². The van der Waals surface area contributed by atoms with Crippen LogP contribution in [0.3, 0.4) is 0 Å². The Balaban J connectivity index is 1.70. The summed E-state index contributed by atoms with van der Waals surface area (Å²) in [6, 6.07) is 6.12. The molecule has 0 unspecified atom stereocenters. The number of amides is 1. The maximum absolute atomic E-state index is 13.2. The minimum atomic E-state index is -0.472. The average Bonchev–Trinajstić information content (AvgIpc) is 2.64. The van der Waals surface area contributed by atoms with Crippen LogP contribution < -0.4 is 5.32 Å². The Bertz CT molecular complexity index is 762. The predicted molar refractivity (Wildman–Crippen MR) is 96.9 cm³/mol. The average molecular weight is 363 g/mol. The topological polar surface area (TPSA) is 48.5 Å². The minimum Gasteiger partial charge on any atom is -0.354 e. The van der Waals surface area contributed by atoms with Crippen LogP contribution in [0.4, 0.5) is 15.8 Å². The van der Waals surface area contributed by atoms with E-state index in [2.05, 4.69) is 22.1 Å². The number of carbonyl (C=O) groups is 1. The molecule has 0 spiro atoms. The lowest BCUT2D eigenvalue weighted by molar-refractivity contribution is 0.0643. The molecule has 0 atom stereocenters. The van der Waals surface area contributed by atoms with Crippen molar-refractivity contribution in [3.05, 3.63) is 53.1 Å². The molecule has 0 bridgehead atoms. The summed E-state index contributed by atoms with van der Waals surface area (Å²) in [5.41, 5.74) is 1.82. The van der Waals surface area contributed by atoms with Crippen molar-refractivity contribution < 1.29 is 9.18 Å². The van der Waals surface area contributed by atoms with Gasteiger partial charge in [0.05, 0.1) is 22.5 Å². The summed E-state index contributed by atoms with van der Waals surface area (Å²) in [6.07, 6.45) is 3.18. The smallest absolute Gasteiger partial charge is 0.255 e. The van der Waals surface area contributed by atoms with E-state index >= 15 is 0 Å². The largest absolute Gasteiger partial charge is 0.354 e. The van der Waals surface area contributed by atoms with E-state index in [1.165, 1.54) is 12.1 Å². The van der Waals surface area contributed by atoms with Crippen molar-refractivity contribution >= 4 is 28.9 Å². The second kappa shape index (κ2) is 7.80. The third kappa shape index (κ3) is 4.27. The molecule has 2 heterocycles. The lowest BCUT2D eigenvalue weighted by Gasteiger charge is -2.34. The van der Waals surface area contributed by atoms with Crippen LogP contribution in [0.1, 0.15) is 17.3 Å². The number of likely N-dealkylation sites (N-methyl/N-ethyl adjacent to an activating group) is 1. The van der Waals surface area contributed by atoms with E-state index in [1.807, 2.05) is 4.90 Å². The number of anilines is 2. The van der Waals surface area contributed by atoms with Crippen LogP contribution in [-0.4, -0.2) is 53.4 Å². The highest BCUT2D eigenvalue weighted by Crippen LogP contribution is 2.23. The molecule has 25 heavy (non-hydrogen) atoms.